The van der Waals surface area contributed by atoms with Gasteiger partial charge in [-0.05, 0) is 40.5 Å². The highest BCUT2D eigenvalue weighted by Crippen LogP contribution is 2.35. The van der Waals surface area contributed by atoms with Gasteiger partial charge in [-0.3, -0.25) is 0 Å². The Balaban J connectivity index is 1.97. The third kappa shape index (κ3) is 7.51. The van der Waals surface area contributed by atoms with Gasteiger partial charge < -0.3 is 33.2 Å². The van der Waals surface area contributed by atoms with E-state index in [2.05, 4.69) is 15.9 Å². The molecule has 0 radical (unpaired) electrons. The van der Waals surface area contributed by atoms with E-state index in [0.717, 1.165) is 24.6 Å². The number of alkyl halides is 1. The molecule has 2 aliphatic rings. The summed E-state index contributed by atoms with van der Waals surface area (Å²) in [6.07, 6.45) is 2.11. The van der Waals surface area contributed by atoms with Crippen molar-refractivity contribution in [2.24, 2.45) is 0 Å². The highest BCUT2D eigenvalue weighted by atomic mass is 79.9. The van der Waals surface area contributed by atoms with E-state index >= 15 is 0 Å². The molecule has 8 heteroatoms. The molecule has 7 nitrogen and oxygen atoms in total. The molecular weight excluding hydrogens is 420 g/mol. The third-order valence-electron chi connectivity index (χ3n) is 4.52. The van der Waals surface area contributed by atoms with Crippen LogP contribution in [0.25, 0.3) is 0 Å². The maximum absolute atomic E-state index is 6.17. The van der Waals surface area contributed by atoms with Crippen molar-refractivity contribution in [2.75, 3.05) is 39.1 Å². The summed E-state index contributed by atoms with van der Waals surface area (Å²) in [7, 11) is 1.59. The Hall–Kier alpha value is 0.200. The molecule has 2 fully saturated rings. The van der Waals surface area contributed by atoms with Gasteiger partial charge in [-0.2, -0.15) is 0 Å². The van der Waals surface area contributed by atoms with Crippen LogP contribution in [0.3, 0.4) is 0 Å². The average Bonchev–Trinajstić information content (AvgIpc) is 3.10. The topological polar surface area (TPSA) is 64.6 Å². The molecule has 0 amide bonds. The van der Waals surface area contributed by atoms with E-state index in [0.29, 0.717) is 19.8 Å². The lowest BCUT2D eigenvalue weighted by atomic mass is 10.0. The van der Waals surface area contributed by atoms with Gasteiger partial charge in [0.05, 0.1) is 13.2 Å². The molecule has 0 aromatic heterocycles. The predicted octanol–water partition coefficient (Wildman–Crippen LogP) is 3.23. The molecule has 0 aliphatic carbocycles. The largest absolute Gasteiger partial charge is 0.379 e. The van der Waals surface area contributed by atoms with Crippen LogP contribution < -0.4 is 0 Å². The summed E-state index contributed by atoms with van der Waals surface area (Å²) < 4.78 is 40.9. The number of hydrogen-bond acceptors (Lipinski definition) is 7. The van der Waals surface area contributed by atoms with E-state index in [1.807, 2.05) is 27.7 Å². The van der Waals surface area contributed by atoms with Crippen LogP contribution >= 0.6 is 15.9 Å². The summed E-state index contributed by atoms with van der Waals surface area (Å²) in [5.41, 5.74) is 0. The maximum Gasteiger partial charge on any atom is 0.164 e. The molecule has 0 saturated carbocycles. The lowest BCUT2D eigenvalue weighted by Crippen LogP contribution is -2.48. The average molecular weight is 455 g/mol. The molecule has 160 valence electrons. The van der Waals surface area contributed by atoms with Crippen LogP contribution in [0.1, 0.15) is 47.0 Å². The van der Waals surface area contributed by atoms with E-state index in [9.17, 15) is 0 Å². The Kier molecular flexibility index (Phi) is 9.42. The lowest BCUT2D eigenvalue weighted by molar-refractivity contribution is -0.204. The molecule has 4 atom stereocenters. The standard InChI is InChI=1S/C19H35BrO7/c1-18(2)24-12-15(25-18)16(23-13-21-5)17-14(26-19(3,4)27-17)11-22-10-8-6-7-9-20/h14-17H,6-13H2,1-5H3/t14-,15+,16-,17+/m0/s1. The van der Waals surface area contributed by atoms with Crippen LogP contribution in [0, 0.1) is 0 Å². The summed E-state index contributed by atoms with van der Waals surface area (Å²) in [4.78, 5) is 0. The van der Waals surface area contributed by atoms with Crippen molar-refractivity contribution in [3.05, 3.63) is 0 Å². The van der Waals surface area contributed by atoms with Gasteiger partial charge in [0.2, 0.25) is 0 Å². The van der Waals surface area contributed by atoms with Crippen molar-refractivity contribution in [3.8, 4) is 0 Å². The zero-order valence-corrected chi connectivity index (χ0v) is 18.8. The third-order valence-corrected chi connectivity index (χ3v) is 5.09. The fraction of sp³-hybridized carbons (Fsp3) is 1.00. The number of methoxy groups -OCH3 is 1. The first-order valence-corrected chi connectivity index (χ1v) is 10.8. The van der Waals surface area contributed by atoms with Gasteiger partial charge in [0.15, 0.2) is 11.6 Å². The molecule has 27 heavy (non-hydrogen) atoms. The van der Waals surface area contributed by atoms with Crippen LogP contribution in [-0.4, -0.2) is 75.0 Å². The molecule has 0 spiro atoms. The Morgan fingerprint density at radius 1 is 1.04 bits per heavy atom. The van der Waals surface area contributed by atoms with Gasteiger partial charge in [-0.1, -0.05) is 22.4 Å². The Labute approximate surface area is 171 Å². The van der Waals surface area contributed by atoms with Crippen LogP contribution in [0.15, 0.2) is 0 Å². The van der Waals surface area contributed by atoms with Crippen molar-refractivity contribution in [1.29, 1.82) is 0 Å². The minimum Gasteiger partial charge on any atom is -0.379 e. The van der Waals surface area contributed by atoms with Gasteiger partial charge in [0.25, 0.3) is 0 Å². The summed E-state index contributed by atoms with van der Waals surface area (Å²) in [5, 5.41) is 1.03. The molecule has 2 rings (SSSR count). The smallest absolute Gasteiger partial charge is 0.164 e. The van der Waals surface area contributed by atoms with Gasteiger partial charge >= 0.3 is 0 Å². The lowest BCUT2D eigenvalue weighted by Gasteiger charge is -2.30. The molecule has 0 aromatic rings. The zero-order chi connectivity index (χ0) is 19.9. The Morgan fingerprint density at radius 2 is 1.81 bits per heavy atom. The molecule has 0 unspecified atom stereocenters. The first kappa shape index (κ1) is 23.5. The summed E-state index contributed by atoms with van der Waals surface area (Å²) in [5.74, 6) is -1.35. The van der Waals surface area contributed by atoms with Crippen molar-refractivity contribution in [1.82, 2.24) is 0 Å². The summed E-state index contributed by atoms with van der Waals surface area (Å²) in [6.45, 7) is 9.32. The zero-order valence-electron chi connectivity index (χ0n) is 17.2. The monoisotopic (exact) mass is 454 g/mol. The normalized spacial score (nSPS) is 30.7. The first-order chi connectivity index (χ1) is 12.8. The highest BCUT2D eigenvalue weighted by Gasteiger charge is 2.51. The highest BCUT2D eigenvalue weighted by molar-refractivity contribution is 9.09. The SMILES string of the molecule is COCO[C@H]([C@@H]1OC(C)(C)O[C@H]1COCCCCCBr)[C@H]1COC(C)(C)O1. The van der Waals surface area contributed by atoms with E-state index in [-0.39, 0.29) is 31.2 Å². The van der Waals surface area contributed by atoms with Crippen LogP contribution in [-0.2, 0) is 33.2 Å². The van der Waals surface area contributed by atoms with Crippen molar-refractivity contribution >= 4 is 15.9 Å². The Bertz CT molecular complexity index is 432. The second-order valence-corrected chi connectivity index (χ2v) is 8.66. The second kappa shape index (κ2) is 10.8. The van der Waals surface area contributed by atoms with Crippen molar-refractivity contribution in [2.45, 2.75) is 82.9 Å². The van der Waals surface area contributed by atoms with Crippen LogP contribution in [0.5, 0.6) is 0 Å². The van der Waals surface area contributed by atoms with Crippen molar-refractivity contribution < 1.29 is 33.2 Å². The molecule has 0 bridgehead atoms. The van der Waals surface area contributed by atoms with E-state index < -0.39 is 11.6 Å². The summed E-state index contributed by atoms with van der Waals surface area (Å²) >= 11 is 3.45. The molecule has 0 aromatic carbocycles. The quantitative estimate of drug-likeness (QED) is 0.254. The first-order valence-electron chi connectivity index (χ1n) is 9.69. The van der Waals surface area contributed by atoms with Gasteiger partial charge in [0, 0.05) is 19.0 Å². The van der Waals surface area contributed by atoms with Gasteiger partial charge in [-0.15, -0.1) is 0 Å². The molecule has 2 saturated heterocycles. The van der Waals surface area contributed by atoms with Crippen LogP contribution in [0.4, 0.5) is 0 Å². The Morgan fingerprint density at radius 3 is 2.44 bits per heavy atom. The van der Waals surface area contributed by atoms with Crippen LogP contribution in [0.2, 0.25) is 0 Å². The van der Waals surface area contributed by atoms with Gasteiger partial charge in [0.1, 0.15) is 31.2 Å². The number of rotatable bonds is 12. The van der Waals surface area contributed by atoms with E-state index in [1.54, 1.807) is 7.11 Å². The van der Waals surface area contributed by atoms with Crippen molar-refractivity contribution in [3.63, 3.8) is 0 Å². The molecule has 2 aliphatic heterocycles. The van der Waals surface area contributed by atoms with Gasteiger partial charge in [-0.25, -0.2) is 0 Å². The minimum absolute atomic E-state index is 0.144. The fourth-order valence-corrected chi connectivity index (χ4v) is 3.78. The number of halogens is 1. The fourth-order valence-electron chi connectivity index (χ4n) is 3.38. The molecule has 0 N–H and O–H groups in total. The van der Waals surface area contributed by atoms with E-state index in [4.69, 9.17) is 33.2 Å². The van der Waals surface area contributed by atoms with E-state index in [1.165, 1.54) is 0 Å². The number of ether oxygens (including phenoxy) is 7. The predicted molar refractivity (Wildman–Crippen MR) is 104 cm³/mol. The second-order valence-electron chi connectivity index (χ2n) is 7.87. The minimum atomic E-state index is -0.710. The molecule has 2 heterocycles. The maximum atomic E-state index is 6.17. The number of unbranched alkanes of at least 4 members (excludes halogenated alkanes) is 2. The molecular formula is C19H35BrO7. The summed E-state index contributed by atoms with van der Waals surface area (Å²) in [6, 6.07) is 0. The number of hydrogen-bond donors (Lipinski definition) is 0.